The molecule has 3 aromatic rings. The first kappa shape index (κ1) is 20.2. The van der Waals surface area contributed by atoms with Crippen LogP contribution in [0.4, 0.5) is 5.82 Å². The number of nitrogens with zero attached hydrogens (tertiary/aromatic N) is 6. The molecule has 1 fully saturated rings. The van der Waals surface area contributed by atoms with E-state index in [0.717, 1.165) is 43.1 Å². The number of benzene rings is 1. The Labute approximate surface area is 175 Å². The molecule has 1 aliphatic heterocycles. The number of aromatic nitrogens is 4. The predicted octanol–water partition coefficient (Wildman–Crippen LogP) is 1.37. The molecule has 0 bridgehead atoms. The first-order valence-electron chi connectivity index (χ1n) is 10.2. The van der Waals surface area contributed by atoms with Crippen LogP contribution < -0.4 is 10.5 Å². The number of hydrogen-bond acceptors (Lipinski definition) is 7. The van der Waals surface area contributed by atoms with Crippen LogP contribution in [0.3, 0.4) is 0 Å². The highest BCUT2D eigenvalue weighted by Crippen LogP contribution is 2.18. The Hall–Kier alpha value is -3.10. The van der Waals surface area contributed by atoms with Crippen LogP contribution in [0.5, 0.6) is 0 Å². The Morgan fingerprint density at radius 3 is 2.40 bits per heavy atom. The van der Waals surface area contributed by atoms with E-state index < -0.39 is 0 Å². The van der Waals surface area contributed by atoms with Gasteiger partial charge in [-0.05, 0) is 50.2 Å². The largest absolute Gasteiger partial charge is 0.396 e. The lowest BCUT2D eigenvalue weighted by Crippen LogP contribution is -2.47. The molecule has 0 saturated carbocycles. The van der Waals surface area contributed by atoms with Gasteiger partial charge in [0, 0.05) is 62.6 Å². The molecule has 1 N–H and O–H groups in total. The zero-order valence-corrected chi connectivity index (χ0v) is 17.1. The second kappa shape index (κ2) is 9.15. The van der Waals surface area contributed by atoms with Crippen LogP contribution in [0.15, 0.2) is 53.7 Å². The lowest BCUT2D eigenvalue weighted by Gasteiger charge is -2.33. The van der Waals surface area contributed by atoms with E-state index in [2.05, 4.69) is 31.8 Å². The molecule has 4 rings (SSSR count). The second-order valence-corrected chi connectivity index (χ2v) is 7.47. The summed E-state index contributed by atoms with van der Waals surface area (Å²) in [5.41, 5.74) is 2.33. The molecule has 0 aliphatic carbocycles. The predicted molar refractivity (Wildman–Crippen MR) is 116 cm³/mol. The molecule has 0 atom stereocenters. The Morgan fingerprint density at radius 1 is 1.03 bits per heavy atom. The van der Waals surface area contributed by atoms with Gasteiger partial charge in [0.25, 0.3) is 5.56 Å². The molecular weight excluding hydrogens is 380 g/mol. The lowest BCUT2D eigenvalue weighted by atomic mass is 10.2. The first-order chi connectivity index (χ1) is 14.7. The van der Waals surface area contributed by atoms with E-state index >= 15 is 0 Å². The maximum atomic E-state index is 13.3. The fourth-order valence-electron chi connectivity index (χ4n) is 3.54. The Morgan fingerprint density at radius 2 is 1.73 bits per heavy atom. The highest BCUT2D eigenvalue weighted by Gasteiger charge is 2.20. The highest BCUT2D eigenvalue weighted by atomic mass is 16.3. The van der Waals surface area contributed by atoms with E-state index in [1.54, 1.807) is 29.2 Å². The molecule has 8 nitrogen and oxygen atoms in total. The maximum absolute atomic E-state index is 13.3. The van der Waals surface area contributed by atoms with Crippen molar-refractivity contribution in [2.45, 2.75) is 12.8 Å². The summed E-state index contributed by atoms with van der Waals surface area (Å²) in [6.45, 7) is 3.43. The summed E-state index contributed by atoms with van der Waals surface area (Å²) in [6.07, 6.45) is 6.43. The fourth-order valence-corrected chi connectivity index (χ4v) is 3.54. The standard InChI is InChI=1S/C22H26N6O2/c1-26-11-13-27(14-12-26)21-22(30)28(16-18(25-21)4-2-15-29)19-7-5-17(6-8-19)20-23-9-3-10-24-20/h3,5-10,16,29H,2,4,11-15H2,1H3. The van der Waals surface area contributed by atoms with E-state index in [1.165, 1.54) is 0 Å². The molecule has 0 unspecified atom stereocenters. The van der Waals surface area contributed by atoms with E-state index in [4.69, 9.17) is 0 Å². The Balaban J connectivity index is 1.71. The molecule has 1 saturated heterocycles. The van der Waals surface area contributed by atoms with Crippen LogP contribution in [0, 0.1) is 0 Å². The third kappa shape index (κ3) is 4.39. The Bertz CT molecular complexity index is 1030. The molecule has 0 amide bonds. The number of rotatable bonds is 6. The molecule has 0 spiro atoms. The van der Waals surface area contributed by atoms with Gasteiger partial charge in [-0.25, -0.2) is 15.0 Å². The fraction of sp³-hybridized carbons (Fsp3) is 0.364. The number of aliphatic hydroxyl groups excluding tert-OH is 1. The van der Waals surface area contributed by atoms with Crippen LogP contribution in [0.1, 0.15) is 12.1 Å². The first-order valence-corrected chi connectivity index (χ1v) is 10.2. The van der Waals surface area contributed by atoms with Crippen molar-refractivity contribution in [1.29, 1.82) is 0 Å². The van der Waals surface area contributed by atoms with E-state index in [-0.39, 0.29) is 12.2 Å². The van der Waals surface area contributed by atoms with E-state index in [0.29, 0.717) is 24.5 Å². The van der Waals surface area contributed by atoms with Gasteiger partial charge in [0.15, 0.2) is 11.6 Å². The van der Waals surface area contributed by atoms with E-state index in [9.17, 15) is 9.90 Å². The summed E-state index contributed by atoms with van der Waals surface area (Å²) in [7, 11) is 2.08. The van der Waals surface area contributed by atoms with Gasteiger partial charge in [0.05, 0.1) is 5.69 Å². The summed E-state index contributed by atoms with van der Waals surface area (Å²) in [4.78, 5) is 30.8. The lowest BCUT2D eigenvalue weighted by molar-refractivity contribution is 0.288. The topological polar surface area (TPSA) is 87.4 Å². The molecule has 3 heterocycles. The van der Waals surface area contributed by atoms with Gasteiger partial charge in [0.1, 0.15) is 0 Å². The maximum Gasteiger partial charge on any atom is 0.298 e. The van der Waals surface area contributed by atoms with Gasteiger partial charge < -0.3 is 14.9 Å². The van der Waals surface area contributed by atoms with Crippen molar-refractivity contribution in [2.24, 2.45) is 0 Å². The van der Waals surface area contributed by atoms with Gasteiger partial charge in [-0.1, -0.05) is 0 Å². The zero-order valence-electron chi connectivity index (χ0n) is 17.1. The number of hydrogen-bond donors (Lipinski definition) is 1. The minimum atomic E-state index is -0.129. The number of anilines is 1. The number of likely N-dealkylation sites (N-methyl/N-ethyl adjacent to an activating group) is 1. The quantitative estimate of drug-likeness (QED) is 0.661. The van der Waals surface area contributed by atoms with Crippen molar-refractivity contribution in [2.75, 3.05) is 44.7 Å². The summed E-state index contributed by atoms with van der Waals surface area (Å²) in [5.74, 6) is 1.13. The molecule has 30 heavy (non-hydrogen) atoms. The zero-order chi connectivity index (χ0) is 20.9. The van der Waals surface area contributed by atoms with Gasteiger partial charge >= 0.3 is 0 Å². The van der Waals surface area contributed by atoms with Gasteiger partial charge in [-0.15, -0.1) is 0 Å². The van der Waals surface area contributed by atoms with Gasteiger partial charge in [-0.3, -0.25) is 9.36 Å². The smallest absolute Gasteiger partial charge is 0.298 e. The van der Waals surface area contributed by atoms with E-state index in [1.807, 2.05) is 24.3 Å². The summed E-state index contributed by atoms with van der Waals surface area (Å²) >= 11 is 0. The van der Waals surface area contributed by atoms with Crippen molar-refractivity contribution in [3.8, 4) is 17.1 Å². The molecule has 1 aliphatic rings. The minimum Gasteiger partial charge on any atom is -0.396 e. The number of piperazine rings is 1. The van der Waals surface area contributed by atoms with Crippen LogP contribution >= 0.6 is 0 Å². The van der Waals surface area contributed by atoms with Crippen molar-refractivity contribution in [1.82, 2.24) is 24.4 Å². The third-order valence-electron chi connectivity index (χ3n) is 5.30. The third-order valence-corrected chi connectivity index (χ3v) is 5.30. The van der Waals surface area contributed by atoms with Crippen LogP contribution in [-0.4, -0.2) is 69.4 Å². The van der Waals surface area contributed by atoms with Crippen molar-refractivity contribution < 1.29 is 5.11 Å². The molecule has 0 radical (unpaired) electrons. The summed E-state index contributed by atoms with van der Waals surface area (Å²) in [6, 6.07) is 9.41. The monoisotopic (exact) mass is 406 g/mol. The van der Waals surface area contributed by atoms with Crippen molar-refractivity contribution in [3.63, 3.8) is 0 Å². The molecular formula is C22H26N6O2. The SMILES string of the molecule is CN1CCN(c2nc(CCCO)cn(-c3ccc(-c4ncccn4)cc3)c2=O)CC1. The van der Waals surface area contributed by atoms with Crippen molar-refractivity contribution >= 4 is 5.82 Å². The number of aliphatic hydroxyl groups is 1. The average Bonchev–Trinajstić information content (AvgIpc) is 2.80. The van der Waals surface area contributed by atoms with Crippen LogP contribution in [0.25, 0.3) is 17.1 Å². The van der Waals surface area contributed by atoms with Crippen LogP contribution in [0.2, 0.25) is 0 Å². The molecule has 8 heteroatoms. The highest BCUT2D eigenvalue weighted by molar-refractivity contribution is 5.57. The second-order valence-electron chi connectivity index (χ2n) is 7.47. The molecule has 2 aromatic heterocycles. The number of aryl methyl sites for hydroxylation is 1. The molecule has 1 aromatic carbocycles. The molecule has 156 valence electrons. The average molecular weight is 406 g/mol. The Kier molecular flexibility index (Phi) is 6.15. The minimum absolute atomic E-state index is 0.0937. The van der Waals surface area contributed by atoms with Crippen LogP contribution in [-0.2, 0) is 6.42 Å². The van der Waals surface area contributed by atoms with Gasteiger partial charge in [-0.2, -0.15) is 0 Å². The van der Waals surface area contributed by atoms with Gasteiger partial charge in [0.2, 0.25) is 0 Å². The van der Waals surface area contributed by atoms with Crippen molar-refractivity contribution in [3.05, 3.63) is 65.0 Å². The summed E-state index contributed by atoms with van der Waals surface area (Å²) < 4.78 is 1.66. The normalized spacial score (nSPS) is 14.8. The summed E-state index contributed by atoms with van der Waals surface area (Å²) in [5, 5.41) is 9.23.